The summed E-state index contributed by atoms with van der Waals surface area (Å²) in [5.41, 5.74) is 12.6. The van der Waals surface area contributed by atoms with Gasteiger partial charge in [0.05, 0.1) is 18.2 Å². The molecule has 4 atom stereocenters. The van der Waals surface area contributed by atoms with E-state index in [-0.39, 0.29) is 24.0 Å². The van der Waals surface area contributed by atoms with E-state index in [1.54, 1.807) is 0 Å². The molecule has 0 aromatic rings. The summed E-state index contributed by atoms with van der Waals surface area (Å²) in [5, 5.41) is 0. The van der Waals surface area contributed by atoms with Crippen LogP contribution in [0.4, 0.5) is 0 Å². The quantitative estimate of drug-likeness (QED) is 0.634. The third-order valence-corrected chi connectivity index (χ3v) is 2.62. The van der Waals surface area contributed by atoms with Crippen molar-refractivity contribution in [3.05, 3.63) is 0 Å². The molecule has 1 heterocycles. The van der Waals surface area contributed by atoms with E-state index in [0.717, 1.165) is 0 Å². The van der Waals surface area contributed by atoms with Crippen LogP contribution in [0.3, 0.4) is 0 Å². The van der Waals surface area contributed by atoms with Crippen LogP contribution in [-0.2, 0) is 9.53 Å². The van der Waals surface area contributed by atoms with Crippen molar-refractivity contribution in [2.75, 3.05) is 0 Å². The fraction of sp³-hybridized carbons (Fsp3) is 0.889. The summed E-state index contributed by atoms with van der Waals surface area (Å²) in [4.78, 5) is 10.8. The molecule has 1 fully saturated rings. The molecular formula is C9H17N2O2. The molecule has 0 aromatic carbocycles. The Balaban J connectivity index is 2.62. The molecule has 1 radical (unpaired) electrons. The molecule has 1 aliphatic heterocycles. The molecule has 0 aliphatic carbocycles. The van der Waals surface area contributed by atoms with Crippen LogP contribution in [-0.4, -0.2) is 24.2 Å². The van der Waals surface area contributed by atoms with Gasteiger partial charge in [-0.05, 0) is 12.8 Å². The number of nitrogens with one attached hydrogen (secondary N) is 1. The van der Waals surface area contributed by atoms with Crippen molar-refractivity contribution in [3.63, 3.8) is 0 Å². The molecule has 1 rings (SSSR count). The number of ether oxygens (including phenoxy) is 1. The second-order valence-electron chi connectivity index (χ2n) is 4.02. The molecule has 75 valence electrons. The SMILES string of the molecule is CC(C)C(C1OC1C)[C@H](N)C([NH])=O. The zero-order valence-electron chi connectivity index (χ0n) is 8.28. The van der Waals surface area contributed by atoms with Crippen LogP contribution in [0.25, 0.3) is 0 Å². The van der Waals surface area contributed by atoms with Gasteiger partial charge in [0.15, 0.2) is 0 Å². The summed E-state index contributed by atoms with van der Waals surface area (Å²) < 4.78 is 5.30. The fourth-order valence-electron chi connectivity index (χ4n) is 1.78. The van der Waals surface area contributed by atoms with E-state index in [1.807, 2.05) is 20.8 Å². The number of carbonyl (C=O) groups excluding carboxylic acids is 1. The summed E-state index contributed by atoms with van der Waals surface area (Å²) >= 11 is 0. The van der Waals surface area contributed by atoms with Gasteiger partial charge in [0, 0.05) is 5.92 Å². The van der Waals surface area contributed by atoms with Gasteiger partial charge in [0.25, 0.3) is 5.91 Å². The van der Waals surface area contributed by atoms with E-state index < -0.39 is 11.9 Å². The molecule has 0 saturated carbocycles. The van der Waals surface area contributed by atoms with Crippen LogP contribution >= 0.6 is 0 Å². The Morgan fingerprint density at radius 3 is 2.23 bits per heavy atom. The number of amides is 1. The first-order valence-electron chi connectivity index (χ1n) is 4.61. The van der Waals surface area contributed by atoms with E-state index in [0.29, 0.717) is 0 Å². The molecule has 1 amide bonds. The summed E-state index contributed by atoms with van der Waals surface area (Å²) in [7, 11) is 0. The Labute approximate surface area is 78.6 Å². The highest BCUT2D eigenvalue weighted by atomic mass is 16.6. The minimum Gasteiger partial charge on any atom is -0.369 e. The third kappa shape index (κ3) is 2.19. The monoisotopic (exact) mass is 185 g/mol. The second-order valence-corrected chi connectivity index (χ2v) is 4.02. The van der Waals surface area contributed by atoms with Crippen LogP contribution in [0.2, 0.25) is 0 Å². The first-order chi connectivity index (χ1) is 5.95. The molecule has 1 aliphatic rings. The van der Waals surface area contributed by atoms with Gasteiger partial charge < -0.3 is 10.5 Å². The molecule has 13 heavy (non-hydrogen) atoms. The van der Waals surface area contributed by atoms with Crippen molar-refractivity contribution in [1.29, 1.82) is 0 Å². The molecular weight excluding hydrogens is 168 g/mol. The van der Waals surface area contributed by atoms with Crippen molar-refractivity contribution in [2.45, 2.75) is 39.0 Å². The Bertz CT molecular complexity index is 206. The van der Waals surface area contributed by atoms with Gasteiger partial charge in [-0.2, -0.15) is 0 Å². The maximum atomic E-state index is 10.8. The molecule has 0 spiro atoms. The molecule has 4 heteroatoms. The summed E-state index contributed by atoms with van der Waals surface area (Å²) in [6.07, 6.45) is 0.266. The zero-order chi connectivity index (χ0) is 10.2. The lowest BCUT2D eigenvalue weighted by atomic mass is 9.84. The topological polar surface area (TPSA) is 79.4 Å². The van der Waals surface area contributed by atoms with Crippen LogP contribution in [0.15, 0.2) is 0 Å². The largest absolute Gasteiger partial charge is 0.369 e. The van der Waals surface area contributed by atoms with Crippen molar-refractivity contribution < 1.29 is 9.53 Å². The summed E-state index contributed by atoms with van der Waals surface area (Å²) in [6, 6.07) is -0.699. The number of carbonyl (C=O) groups is 1. The van der Waals surface area contributed by atoms with E-state index >= 15 is 0 Å². The maximum Gasteiger partial charge on any atom is 0.255 e. The second kappa shape index (κ2) is 3.64. The standard InChI is InChI=1S/C9H17N2O2/c1-4(2)6(7(10)9(11)12)8-5(3)13-8/h4-8,11H,10H2,1-3H3/t5?,6?,7-,8?/m0/s1. The number of nitrogens with two attached hydrogens (primary N) is 1. The molecule has 3 N–H and O–H groups in total. The normalized spacial score (nSPS) is 31.5. The Hall–Kier alpha value is -0.610. The van der Waals surface area contributed by atoms with Gasteiger partial charge in [0.2, 0.25) is 0 Å². The van der Waals surface area contributed by atoms with Crippen molar-refractivity contribution in [3.8, 4) is 0 Å². The van der Waals surface area contributed by atoms with Gasteiger partial charge in [-0.25, -0.2) is 0 Å². The lowest BCUT2D eigenvalue weighted by Crippen LogP contribution is -2.44. The first-order valence-corrected chi connectivity index (χ1v) is 4.61. The Kier molecular flexibility index (Phi) is 2.93. The van der Waals surface area contributed by atoms with Crippen molar-refractivity contribution in [1.82, 2.24) is 5.73 Å². The lowest BCUT2D eigenvalue weighted by Gasteiger charge is -2.22. The highest BCUT2D eigenvalue weighted by Crippen LogP contribution is 2.35. The van der Waals surface area contributed by atoms with Gasteiger partial charge >= 0.3 is 0 Å². The van der Waals surface area contributed by atoms with Gasteiger partial charge in [-0.3, -0.25) is 10.5 Å². The van der Waals surface area contributed by atoms with Crippen molar-refractivity contribution >= 4 is 5.91 Å². The smallest absolute Gasteiger partial charge is 0.255 e. The number of hydrogen-bond acceptors (Lipinski definition) is 3. The maximum absolute atomic E-state index is 10.8. The van der Waals surface area contributed by atoms with E-state index in [9.17, 15) is 4.79 Å². The number of epoxide rings is 1. The predicted molar refractivity (Wildman–Crippen MR) is 48.7 cm³/mol. The first kappa shape index (κ1) is 10.5. The highest BCUT2D eigenvalue weighted by molar-refractivity contribution is 5.79. The van der Waals surface area contributed by atoms with E-state index in [2.05, 4.69) is 0 Å². The van der Waals surface area contributed by atoms with Crippen LogP contribution < -0.4 is 11.5 Å². The molecule has 0 aromatic heterocycles. The fourth-order valence-corrected chi connectivity index (χ4v) is 1.78. The zero-order valence-corrected chi connectivity index (χ0v) is 8.28. The average Bonchev–Trinajstić information content (AvgIpc) is 2.66. The minimum atomic E-state index is -0.699. The van der Waals surface area contributed by atoms with E-state index in [1.165, 1.54) is 0 Å². The van der Waals surface area contributed by atoms with E-state index in [4.69, 9.17) is 16.2 Å². The summed E-state index contributed by atoms with van der Waals surface area (Å²) in [5.74, 6) is -0.430. The van der Waals surface area contributed by atoms with Gasteiger partial charge in [0.1, 0.15) is 0 Å². The van der Waals surface area contributed by atoms with Gasteiger partial charge in [-0.1, -0.05) is 13.8 Å². The van der Waals surface area contributed by atoms with Crippen LogP contribution in [0.1, 0.15) is 20.8 Å². The van der Waals surface area contributed by atoms with Crippen molar-refractivity contribution in [2.24, 2.45) is 17.6 Å². The average molecular weight is 185 g/mol. The summed E-state index contributed by atoms with van der Waals surface area (Å²) in [6.45, 7) is 5.96. The highest BCUT2D eigenvalue weighted by Gasteiger charge is 2.46. The Morgan fingerprint density at radius 2 is 2.00 bits per heavy atom. The van der Waals surface area contributed by atoms with Crippen LogP contribution in [0.5, 0.6) is 0 Å². The Morgan fingerprint density at radius 1 is 1.54 bits per heavy atom. The third-order valence-electron chi connectivity index (χ3n) is 2.62. The number of rotatable bonds is 4. The minimum absolute atomic E-state index is 0.0139. The molecule has 3 unspecified atom stereocenters. The predicted octanol–water partition coefficient (Wildman–Crippen LogP) is 0.183. The molecule has 0 bridgehead atoms. The molecule has 1 saturated heterocycles. The van der Waals surface area contributed by atoms with Gasteiger partial charge in [-0.15, -0.1) is 0 Å². The van der Waals surface area contributed by atoms with Crippen LogP contribution in [0, 0.1) is 11.8 Å². The lowest BCUT2D eigenvalue weighted by molar-refractivity contribution is -0.121. The number of hydrogen-bond donors (Lipinski definition) is 1. The molecule has 4 nitrogen and oxygen atoms in total.